The third kappa shape index (κ3) is 3.26. The molecular weight excluding hydrogens is 344 g/mol. The van der Waals surface area contributed by atoms with Gasteiger partial charge in [0.2, 0.25) is 5.88 Å². The summed E-state index contributed by atoms with van der Waals surface area (Å²) in [5, 5.41) is 11.8. The fraction of sp³-hybridized carbons (Fsp3) is 0.550. The number of likely N-dealkylation sites (tertiary alicyclic amines) is 1. The Kier molecular flexibility index (Phi) is 4.97. The van der Waals surface area contributed by atoms with Gasteiger partial charge in [-0.1, -0.05) is 12.5 Å². The smallest absolute Gasteiger partial charge is 0.319 e. The van der Waals surface area contributed by atoms with Crippen LogP contribution in [-0.4, -0.2) is 52.3 Å². The predicted octanol–water partition coefficient (Wildman–Crippen LogP) is 2.01. The summed E-state index contributed by atoms with van der Waals surface area (Å²) in [5.74, 6) is 0.624. The number of hydrogen-bond acceptors (Lipinski definition) is 7. The molecule has 27 heavy (non-hydrogen) atoms. The lowest BCUT2D eigenvalue weighted by Gasteiger charge is -2.53. The molecule has 2 aliphatic rings. The summed E-state index contributed by atoms with van der Waals surface area (Å²) in [6.45, 7) is 2.44. The highest BCUT2D eigenvalue weighted by Gasteiger charge is 2.53. The Hall–Kier alpha value is -2.25. The van der Waals surface area contributed by atoms with E-state index in [-0.39, 0.29) is 17.8 Å². The summed E-state index contributed by atoms with van der Waals surface area (Å²) in [4.78, 5) is 15.4. The van der Waals surface area contributed by atoms with Gasteiger partial charge in [0.1, 0.15) is 5.60 Å². The van der Waals surface area contributed by atoms with Gasteiger partial charge in [0.05, 0.1) is 25.5 Å². The number of methoxy groups -OCH3 is 2. The minimum absolute atomic E-state index is 0.111. The number of piperidine rings is 1. The van der Waals surface area contributed by atoms with E-state index in [1.54, 1.807) is 13.3 Å². The van der Waals surface area contributed by atoms with Gasteiger partial charge in [-0.15, -0.1) is 0 Å². The van der Waals surface area contributed by atoms with Crippen molar-refractivity contribution < 1.29 is 14.6 Å². The van der Waals surface area contributed by atoms with Gasteiger partial charge in [0, 0.05) is 43.9 Å². The first-order valence-corrected chi connectivity index (χ1v) is 9.45. The largest absolute Gasteiger partial charge is 0.481 e. The van der Waals surface area contributed by atoms with Crippen molar-refractivity contribution in [3.63, 3.8) is 0 Å². The lowest BCUT2D eigenvalue weighted by atomic mass is 9.63. The van der Waals surface area contributed by atoms with E-state index in [1.165, 1.54) is 7.11 Å². The Balaban J connectivity index is 1.62. The molecule has 0 aromatic carbocycles. The number of aliphatic hydroxyl groups is 1. The van der Waals surface area contributed by atoms with Crippen LogP contribution >= 0.6 is 0 Å². The number of nitrogens with zero attached hydrogens (tertiary/aromatic N) is 4. The van der Waals surface area contributed by atoms with Crippen LogP contribution < -0.4 is 9.47 Å². The summed E-state index contributed by atoms with van der Waals surface area (Å²) in [6, 6.07) is 6.25. The Morgan fingerprint density at radius 1 is 1.15 bits per heavy atom. The fourth-order valence-corrected chi connectivity index (χ4v) is 4.71. The second-order valence-electron chi connectivity index (χ2n) is 7.44. The average Bonchev–Trinajstić information content (AvgIpc) is 2.69. The van der Waals surface area contributed by atoms with E-state index in [2.05, 4.69) is 25.9 Å². The summed E-state index contributed by atoms with van der Waals surface area (Å²) < 4.78 is 10.6. The average molecular weight is 370 g/mol. The van der Waals surface area contributed by atoms with E-state index in [9.17, 15) is 5.11 Å². The summed E-state index contributed by atoms with van der Waals surface area (Å²) >= 11 is 0. The maximum absolute atomic E-state index is 11.8. The Labute approximate surface area is 159 Å². The van der Waals surface area contributed by atoms with Gasteiger partial charge >= 0.3 is 6.01 Å². The van der Waals surface area contributed by atoms with Gasteiger partial charge in [-0.05, 0) is 25.0 Å². The quantitative estimate of drug-likeness (QED) is 0.862. The zero-order valence-corrected chi connectivity index (χ0v) is 15.8. The van der Waals surface area contributed by atoms with Crippen molar-refractivity contribution in [1.82, 2.24) is 19.9 Å². The van der Waals surface area contributed by atoms with Crippen molar-refractivity contribution in [1.29, 1.82) is 0 Å². The molecule has 2 aromatic heterocycles. The third-order valence-electron chi connectivity index (χ3n) is 5.96. The van der Waals surface area contributed by atoms with Crippen LogP contribution in [-0.2, 0) is 12.1 Å². The van der Waals surface area contributed by atoms with Crippen molar-refractivity contribution in [2.75, 3.05) is 27.3 Å². The molecule has 1 saturated heterocycles. The molecule has 2 aromatic rings. The number of hydrogen-bond donors (Lipinski definition) is 1. The van der Waals surface area contributed by atoms with Crippen LogP contribution in [0, 0.1) is 11.8 Å². The molecule has 0 spiro atoms. The number of pyridine rings is 1. The van der Waals surface area contributed by atoms with Crippen molar-refractivity contribution in [3.05, 3.63) is 41.9 Å². The topological polar surface area (TPSA) is 80.6 Å². The Bertz CT molecular complexity index is 772. The van der Waals surface area contributed by atoms with Crippen LogP contribution in [0.3, 0.4) is 0 Å². The standard InChI is InChI=1S/C20H26N4O3/c1-26-18-17(10-22-19(23-18)27-2)20(25)14-6-5-7-15(20)12-24(11-14)13-16-8-3-4-9-21-16/h3-4,8-10,14-15,25H,5-7,11-13H2,1-2H3. The second kappa shape index (κ2) is 7.40. The zero-order valence-electron chi connectivity index (χ0n) is 15.8. The van der Waals surface area contributed by atoms with Crippen LogP contribution in [0.5, 0.6) is 11.9 Å². The van der Waals surface area contributed by atoms with Crippen molar-refractivity contribution >= 4 is 0 Å². The molecule has 144 valence electrons. The molecule has 7 heteroatoms. The number of ether oxygens (including phenoxy) is 2. The first kappa shape index (κ1) is 18.1. The van der Waals surface area contributed by atoms with E-state index in [0.717, 1.165) is 44.6 Å². The van der Waals surface area contributed by atoms with Crippen molar-refractivity contribution in [3.8, 4) is 11.9 Å². The highest BCUT2D eigenvalue weighted by atomic mass is 16.5. The molecule has 2 fully saturated rings. The van der Waals surface area contributed by atoms with Gasteiger partial charge in [0.15, 0.2) is 0 Å². The minimum Gasteiger partial charge on any atom is -0.481 e. The molecule has 1 saturated carbocycles. The molecule has 2 bridgehead atoms. The summed E-state index contributed by atoms with van der Waals surface area (Å²) in [7, 11) is 3.09. The Morgan fingerprint density at radius 2 is 1.93 bits per heavy atom. The van der Waals surface area contributed by atoms with Gasteiger partial charge in [-0.2, -0.15) is 4.98 Å². The molecule has 7 nitrogen and oxygen atoms in total. The SMILES string of the molecule is COc1ncc(C2(O)C3CCCC2CN(Cc2ccccn2)C3)c(OC)n1. The fourth-order valence-electron chi connectivity index (χ4n) is 4.71. The first-order valence-electron chi connectivity index (χ1n) is 9.45. The molecule has 0 amide bonds. The number of rotatable bonds is 5. The van der Waals surface area contributed by atoms with Crippen molar-refractivity contribution in [2.24, 2.45) is 11.8 Å². The highest BCUT2D eigenvalue weighted by molar-refractivity contribution is 5.34. The van der Waals surface area contributed by atoms with Crippen LogP contribution in [0.15, 0.2) is 30.6 Å². The molecule has 1 N–H and O–H groups in total. The van der Waals surface area contributed by atoms with Gasteiger partial charge < -0.3 is 14.6 Å². The third-order valence-corrected chi connectivity index (χ3v) is 5.96. The molecule has 3 heterocycles. The van der Waals surface area contributed by atoms with E-state index in [4.69, 9.17) is 9.47 Å². The maximum atomic E-state index is 11.8. The summed E-state index contributed by atoms with van der Waals surface area (Å²) in [6.07, 6.45) is 6.58. The Morgan fingerprint density at radius 3 is 2.56 bits per heavy atom. The van der Waals surface area contributed by atoms with Crippen molar-refractivity contribution in [2.45, 2.75) is 31.4 Å². The minimum atomic E-state index is -0.976. The van der Waals surface area contributed by atoms with Crippen LogP contribution in [0.2, 0.25) is 0 Å². The first-order chi connectivity index (χ1) is 13.1. The maximum Gasteiger partial charge on any atom is 0.319 e. The highest BCUT2D eigenvalue weighted by Crippen LogP contribution is 2.51. The van der Waals surface area contributed by atoms with E-state index < -0.39 is 5.60 Å². The molecule has 2 atom stereocenters. The second-order valence-corrected chi connectivity index (χ2v) is 7.44. The lowest BCUT2D eigenvalue weighted by Crippen LogP contribution is -2.58. The van der Waals surface area contributed by atoms with Crippen LogP contribution in [0.4, 0.5) is 0 Å². The monoisotopic (exact) mass is 370 g/mol. The lowest BCUT2D eigenvalue weighted by molar-refractivity contribution is -0.150. The normalized spacial score (nSPS) is 28.0. The predicted molar refractivity (Wildman–Crippen MR) is 99.4 cm³/mol. The van der Waals surface area contributed by atoms with Gasteiger partial charge in [-0.25, -0.2) is 4.98 Å². The van der Waals surface area contributed by atoms with Crippen LogP contribution in [0.1, 0.15) is 30.5 Å². The molecule has 2 unspecified atom stereocenters. The van der Waals surface area contributed by atoms with E-state index >= 15 is 0 Å². The van der Waals surface area contributed by atoms with E-state index in [1.807, 2.05) is 18.3 Å². The molecular formula is C20H26N4O3. The molecule has 4 rings (SSSR count). The van der Waals surface area contributed by atoms with Gasteiger partial charge in [0.25, 0.3) is 0 Å². The van der Waals surface area contributed by atoms with Crippen LogP contribution in [0.25, 0.3) is 0 Å². The zero-order chi connectivity index (χ0) is 18.9. The molecule has 1 aliphatic heterocycles. The van der Waals surface area contributed by atoms with Gasteiger partial charge in [-0.3, -0.25) is 9.88 Å². The number of aromatic nitrogens is 3. The summed E-state index contributed by atoms with van der Waals surface area (Å²) in [5.41, 5.74) is 0.764. The number of fused-ring (bicyclic) bond motifs is 2. The van der Waals surface area contributed by atoms with E-state index in [0.29, 0.717) is 11.4 Å². The molecule has 1 aliphatic carbocycles. The molecule has 0 radical (unpaired) electrons.